The molecule has 0 aliphatic heterocycles. The highest BCUT2D eigenvalue weighted by Crippen LogP contribution is 2.32. The molecule has 0 heterocycles. The number of nitrogens with zero attached hydrogens (tertiary/aromatic N) is 1. The Morgan fingerprint density at radius 2 is 2.33 bits per heavy atom. The Balaban J connectivity index is 2.25. The zero-order valence-electron chi connectivity index (χ0n) is 3.81. The van der Waals surface area contributed by atoms with Crippen LogP contribution in [0, 0.1) is 11.4 Å². The number of hydrogen-bond donors (Lipinski definition) is 1. The Kier molecular flexibility index (Phi) is 0.650. The molecule has 2 heteroatoms. The lowest BCUT2D eigenvalue weighted by atomic mass is 10.5. The molecule has 0 radical (unpaired) electrons. The van der Waals surface area contributed by atoms with Crippen molar-refractivity contribution in [2.75, 3.05) is 0 Å². The molecule has 34 valence electrons. The van der Waals surface area contributed by atoms with Gasteiger partial charge in [-0.15, -0.1) is 0 Å². The summed E-state index contributed by atoms with van der Waals surface area (Å²) in [7, 11) is 0. The van der Waals surface area contributed by atoms with Gasteiger partial charge in [-0.1, -0.05) is 6.92 Å². The van der Waals surface area contributed by atoms with E-state index in [9.17, 15) is 0 Å². The molecule has 1 saturated carbocycles. The highest BCUT2D eigenvalue weighted by Gasteiger charge is 2.31. The Morgan fingerprint density at radius 1 is 1.83 bits per heavy atom. The van der Waals surface area contributed by atoms with Crippen LogP contribution in [0.2, 0.25) is 0 Å². The fourth-order valence-corrected chi connectivity index (χ4v) is 0.482. The van der Waals surface area contributed by atoms with Gasteiger partial charge in [0.25, 0.3) is 0 Å². The molecular formula is C4H8N2. The Labute approximate surface area is 37.1 Å². The summed E-state index contributed by atoms with van der Waals surface area (Å²) in [5.74, 6) is 0.711. The number of rotatable bonds is 1. The van der Waals surface area contributed by atoms with Crippen LogP contribution in [0.4, 0.5) is 0 Å². The summed E-state index contributed by atoms with van der Waals surface area (Å²) in [4.78, 5) is 0. The van der Waals surface area contributed by atoms with Crippen molar-refractivity contribution in [1.82, 2.24) is 0 Å². The molecule has 0 bridgehead atoms. The second kappa shape index (κ2) is 1.03. The predicted molar refractivity (Wildman–Crippen MR) is 22.7 cm³/mol. The van der Waals surface area contributed by atoms with Gasteiger partial charge in [0.1, 0.15) is 0 Å². The van der Waals surface area contributed by atoms with E-state index in [0.29, 0.717) is 12.0 Å². The predicted octanol–water partition coefficient (Wildman–Crippen LogP) is 1.43. The van der Waals surface area contributed by atoms with Crippen LogP contribution >= 0.6 is 0 Å². The van der Waals surface area contributed by atoms with Crippen LogP contribution in [0.3, 0.4) is 0 Å². The van der Waals surface area contributed by atoms with Gasteiger partial charge < -0.3 is 0 Å². The van der Waals surface area contributed by atoms with E-state index in [-0.39, 0.29) is 0 Å². The minimum absolute atomic E-state index is 0.394. The van der Waals surface area contributed by atoms with Crippen molar-refractivity contribution in [2.45, 2.75) is 19.4 Å². The molecule has 1 aliphatic rings. The van der Waals surface area contributed by atoms with Crippen molar-refractivity contribution in [2.24, 2.45) is 11.0 Å². The zero-order valence-corrected chi connectivity index (χ0v) is 3.81. The molecular weight excluding hydrogens is 76.1 g/mol. The van der Waals surface area contributed by atoms with Crippen molar-refractivity contribution < 1.29 is 0 Å². The van der Waals surface area contributed by atoms with Gasteiger partial charge in [-0.2, -0.15) is 5.11 Å². The van der Waals surface area contributed by atoms with Crippen molar-refractivity contribution in [3.63, 3.8) is 0 Å². The Morgan fingerprint density at radius 3 is 2.33 bits per heavy atom. The van der Waals surface area contributed by atoms with E-state index < -0.39 is 0 Å². The topological polar surface area (TPSA) is 36.2 Å². The molecule has 1 fully saturated rings. The Hall–Kier alpha value is -0.400. The van der Waals surface area contributed by atoms with Gasteiger partial charge in [0.05, 0.1) is 6.04 Å². The van der Waals surface area contributed by atoms with Gasteiger partial charge >= 0.3 is 0 Å². The number of nitrogens with one attached hydrogen (secondary N) is 1. The molecule has 2 atom stereocenters. The van der Waals surface area contributed by atoms with Crippen LogP contribution in [0.25, 0.3) is 0 Å². The third-order valence-electron chi connectivity index (χ3n) is 1.23. The minimum atomic E-state index is 0.394. The average Bonchev–Trinajstić information content (AvgIpc) is 2.19. The third-order valence-corrected chi connectivity index (χ3v) is 1.23. The first kappa shape index (κ1) is 3.78. The van der Waals surface area contributed by atoms with Gasteiger partial charge in [0.2, 0.25) is 0 Å². The summed E-state index contributed by atoms with van der Waals surface area (Å²) in [5.41, 5.74) is 6.48. The monoisotopic (exact) mass is 84.1 g/mol. The van der Waals surface area contributed by atoms with E-state index in [1.807, 2.05) is 0 Å². The van der Waals surface area contributed by atoms with Crippen molar-refractivity contribution in [1.29, 1.82) is 5.53 Å². The first-order valence-corrected chi connectivity index (χ1v) is 2.21. The lowest BCUT2D eigenvalue weighted by Crippen LogP contribution is -1.70. The van der Waals surface area contributed by atoms with E-state index in [4.69, 9.17) is 5.53 Å². The van der Waals surface area contributed by atoms with Crippen LogP contribution in [0.1, 0.15) is 13.3 Å². The first-order valence-electron chi connectivity index (χ1n) is 2.21. The normalized spacial score (nSPS) is 42.2. The van der Waals surface area contributed by atoms with E-state index in [1.54, 1.807) is 0 Å². The summed E-state index contributed by atoms with van der Waals surface area (Å²) in [6.07, 6.45) is 1.14. The van der Waals surface area contributed by atoms with Crippen LogP contribution in [-0.4, -0.2) is 6.04 Å². The SMILES string of the molecule is CC1C[C@@H]1N=N. The molecule has 1 unspecified atom stereocenters. The molecule has 0 aromatic rings. The minimum Gasteiger partial charge on any atom is -0.210 e. The highest BCUT2D eigenvalue weighted by molar-refractivity contribution is 4.87. The molecule has 1 aliphatic carbocycles. The third kappa shape index (κ3) is 0.421. The largest absolute Gasteiger partial charge is 0.210 e. The lowest BCUT2D eigenvalue weighted by Gasteiger charge is -1.71. The summed E-state index contributed by atoms with van der Waals surface area (Å²) < 4.78 is 0. The van der Waals surface area contributed by atoms with E-state index in [0.717, 1.165) is 6.42 Å². The Bertz CT molecular complexity index is 69.9. The van der Waals surface area contributed by atoms with E-state index in [1.165, 1.54) is 0 Å². The maximum atomic E-state index is 6.48. The summed E-state index contributed by atoms with van der Waals surface area (Å²) >= 11 is 0. The molecule has 0 aromatic heterocycles. The van der Waals surface area contributed by atoms with Crippen molar-refractivity contribution in [3.8, 4) is 0 Å². The number of hydrogen-bond acceptors (Lipinski definition) is 2. The summed E-state index contributed by atoms with van der Waals surface area (Å²) in [6.45, 7) is 2.11. The molecule has 1 N–H and O–H groups in total. The second-order valence-corrected chi connectivity index (χ2v) is 1.91. The average molecular weight is 84.1 g/mol. The fourth-order valence-electron chi connectivity index (χ4n) is 0.482. The van der Waals surface area contributed by atoms with Gasteiger partial charge in [-0.05, 0) is 12.3 Å². The molecule has 0 amide bonds. The van der Waals surface area contributed by atoms with Crippen molar-refractivity contribution >= 4 is 0 Å². The van der Waals surface area contributed by atoms with Crippen LogP contribution in [0.15, 0.2) is 5.11 Å². The first-order chi connectivity index (χ1) is 2.84. The highest BCUT2D eigenvalue weighted by atomic mass is 15.0. The summed E-state index contributed by atoms with van der Waals surface area (Å²) in [5, 5.41) is 3.33. The van der Waals surface area contributed by atoms with E-state index >= 15 is 0 Å². The smallest absolute Gasteiger partial charge is 0.0735 e. The zero-order chi connectivity index (χ0) is 4.57. The van der Waals surface area contributed by atoms with Crippen LogP contribution < -0.4 is 0 Å². The van der Waals surface area contributed by atoms with E-state index in [2.05, 4.69) is 12.0 Å². The molecule has 2 nitrogen and oxygen atoms in total. The molecule has 0 saturated heterocycles. The molecule has 6 heavy (non-hydrogen) atoms. The fraction of sp³-hybridized carbons (Fsp3) is 1.00. The van der Waals surface area contributed by atoms with Gasteiger partial charge in [0.15, 0.2) is 0 Å². The van der Waals surface area contributed by atoms with Crippen molar-refractivity contribution in [3.05, 3.63) is 0 Å². The molecule has 1 rings (SSSR count). The second-order valence-electron chi connectivity index (χ2n) is 1.91. The lowest BCUT2D eigenvalue weighted by molar-refractivity contribution is 0.820. The van der Waals surface area contributed by atoms with Gasteiger partial charge in [-0.25, -0.2) is 5.53 Å². The van der Waals surface area contributed by atoms with Crippen LogP contribution in [0.5, 0.6) is 0 Å². The summed E-state index contributed by atoms with van der Waals surface area (Å²) in [6, 6.07) is 0.394. The molecule has 0 aromatic carbocycles. The maximum absolute atomic E-state index is 6.48. The van der Waals surface area contributed by atoms with Gasteiger partial charge in [-0.3, -0.25) is 0 Å². The standard InChI is InChI=1S/C4H8N2/c1-3-2-4(3)6-5/h3-5H,2H2,1H3/t3?,4-/m0/s1. The quantitative estimate of drug-likeness (QED) is 0.466. The maximum Gasteiger partial charge on any atom is 0.0735 e. The molecule has 0 spiro atoms. The van der Waals surface area contributed by atoms with Crippen LogP contribution in [-0.2, 0) is 0 Å². The van der Waals surface area contributed by atoms with Gasteiger partial charge in [0, 0.05) is 0 Å².